The fraction of sp³-hybridized carbons (Fsp3) is 0.370. The standard InChI is InChI=1S/C27H30N.Ir/c1-18-10-8-9-11-21(18)20-13-15-24(28-17-20)19-12-14-22-23(16-19)26(4,5)27(6,7)25(22,2)3;/h8-11,13-17H,1-7H3;/q-1;. The van der Waals surface area contributed by atoms with E-state index in [0.717, 1.165) is 16.8 Å². The minimum atomic E-state index is 0. The van der Waals surface area contributed by atoms with E-state index in [1.807, 2.05) is 6.20 Å². The zero-order chi connectivity index (χ0) is 20.3. The number of aromatic nitrogens is 1. The van der Waals surface area contributed by atoms with E-state index in [4.69, 9.17) is 4.98 Å². The van der Waals surface area contributed by atoms with Crippen LogP contribution in [0.15, 0.2) is 54.7 Å². The van der Waals surface area contributed by atoms with E-state index >= 15 is 0 Å². The van der Waals surface area contributed by atoms with Gasteiger partial charge < -0.3 is 4.98 Å². The molecule has 0 spiro atoms. The first-order valence-corrected chi connectivity index (χ1v) is 10.2. The van der Waals surface area contributed by atoms with E-state index in [2.05, 4.69) is 103 Å². The molecule has 0 fully saturated rings. The summed E-state index contributed by atoms with van der Waals surface area (Å²) in [6.07, 6.45) is 1.98. The van der Waals surface area contributed by atoms with Gasteiger partial charge in [-0.1, -0.05) is 77.9 Å². The maximum atomic E-state index is 4.78. The van der Waals surface area contributed by atoms with Gasteiger partial charge in [0.05, 0.1) is 0 Å². The van der Waals surface area contributed by atoms with Crippen molar-refractivity contribution in [1.29, 1.82) is 0 Å². The Balaban J connectivity index is 0.00000240. The topological polar surface area (TPSA) is 12.9 Å². The molecule has 2 aromatic carbocycles. The summed E-state index contributed by atoms with van der Waals surface area (Å²) in [5, 5.41) is 0. The molecule has 1 aromatic heterocycles. The normalized spacial score (nSPS) is 18.0. The van der Waals surface area contributed by atoms with Crippen molar-refractivity contribution in [3.63, 3.8) is 0 Å². The Morgan fingerprint density at radius 1 is 0.828 bits per heavy atom. The molecule has 0 N–H and O–H groups in total. The molecule has 0 aliphatic heterocycles. The van der Waals surface area contributed by atoms with Crippen molar-refractivity contribution in [3.8, 4) is 22.4 Å². The molecule has 0 bridgehead atoms. The molecule has 1 aliphatic carbocycles. The van der Waals surface area contributed by atoms with Crippen LogP contribution >= 0.6 is 0 Å². The number of rotatable bonds is 2. The first-order valence-electron chi connectivity index (χ1n) is 10.2. The molecular formula is C27H30IrN-. The zero-order valence-corrected chi connectivity index (χ0v) is 20.9. The molecule has 0 saturated carbocycles. The van der Waals surface area contributed by atoms with Gasteiger partial charge in [-0.15, -0.1) is 34.9 Å². The molecule has 1 radical (unpaired) electrons. The maximum absolute atomic E-state index is 4.78. The average Bonchev–Trinajstić information content (AvgIpc) is 2.77. The first-order chi connectivity index (χ1) is 13.1. The first kappa shape index (κ1) is 21.9. The molecule has 2 heteroatoms. The molecule has 1 nitrogen and oxygen atoms in total. The molecule has 3 aromatic rings. The van der Waals surface area contributed by atoms with Gasteiger partial charge in [0.1, 0.15) is 0 Å². The number of fused-ring (bicyclic) bond motifs is 1. The number of nitrogens with zero attached hydrogens (tertiary/aromatic N) is 1. The molecule has 153 valence electrons. The molecule has 4 rings (SSSR count). The maximum Gasteiger partial charge on any atom is 0.0239 e. The van der Waals surface area contributed by atoms with Gasteiger partial charge in [-0.25, -0.2) is 0 Å². The van der Waals surface area contributed by atoms with Crippen molar-refractivity contribution in [3.05, 3.63) is 77.5 Å². The van der Waals surface area contributed by atoms with Crippen molar-refractivity contribution < 1.29 is 20.1 Å². The van der Waals surface area contributed by atoms with Crippen LogP contribution in [0, 0.1) is 18.4 Å². The molecule has 29 heavy (non-hydrogen) atoms. The van der Waals surface area contributed by atoms with E-state index in [-0.39, 0.29) is 36.4 Å². The summed E-state index contributed by atoms with van der Waals surface area (Å²) in [6, 6.07) is 20.8. The van der Waals surface area contributed by atoms with Crippen LogP contribution in [0.3, 0.4) is 0 Å². The number of hydrogen-bond donors (Lipinski definition) is 0. The van der Waals surface area contributed by atoms with Gasteiger partial charge in [0.25, 0.3) is 0 Å². The van der Waals surface area contributed by atoms with E-state index in [0.29, 0.717) is 0 Å². The summed E-state index contributed by atoms with van der Waals surface area (Å²) in [5.41, 5.74) is 8.96. The summed E-state index contributed by atoms with van der Waals surface area (Å²) in [4.78, 5) is 4.78. The zero-order valence-electron chi connectivity index (χ0n) is 18.5. The van der Waals surface area contributed by atoms with Crippen LogP contribution in [-0.2, 0) is 30.9 Å². The SMILES string of the molecule is Cc1ccccc1-c1ccc(-c2[c-]cc3c(c2)C(C)(C)C(C)(C)C3(C)C)nc1.[Ir]. The molecule has 0 atom stereocenters. The van der Waals surface area contributed by atoms with Crippen molar-refractivity contribution in [2.45, 2.75) is 59.3 Å². The van der Waals surface area contributed by atoms with Crippen LogP contribution in [0.4, 0.5) is 0 Å². The predicted octanol–water partition coefficient (Wildman–Crippen LogP) is 7.12. The van der Waals surface area contributed by atoms with Crippen LogP contribution in [0.5, 0.6) is 0 Å². The van der Waals surface area contributed by atoms with E-state index in [1.165, 1.54) is 22.3 Å². The Kier molecular flexibility index (Phi) is 5.43. The quantitative estimate of drug-likeness (QED) is 0.304. The minimum absolute atomic E-state index is 0. The Morgan fingerprint density at radius 2 is 1.48 bits per heavy atom. The van der Waals surface area contributed by atoms with Crippen LogP contribution in [0.1, 0.15) is 58.2 Å². The van der Waals surface area contributed by atoms with Crippen LogP contribution in [0.25, 0.3) is 22.4 Å². The Labute approximate surface area is 189 Å². The molecule has 0 amide bonds. The summed E-state index contributed by atoms with van der Waals surface area (Å²) < 4.78 is 0. The number of benzene rings is 2. The van der Waals surface area contributed by atoms with Gasteiger partial charge in [-0.3, -0.25) is 0 Å². The van der Waals surface area contributed by atoms with Crippen LogP contribution in [0.2, 0.25) is 0 Å². The molecule has 0 unspecified atom stereocenters. The van der Waals surface area contributed by atoms with Crippen molar-refractivity contribution in [2.75, 3.05) is 0 Å². The summed E-state index contributed by atoms with van der Waals surface area (Å²) >= 11 is 0. The van der Waals surface area contributed by atoms with E-state index < -0.39 is 0 Å². The van der Waals surface area contributed by atoms with E-state index in [9.17, 15) is 0 Å². The molecule has 1 heterocycles. The van der Waals surface area contributed by atoms with Crippen LogP contribution < -0.4 is 0 Å². The van der Waals surface area contributed by atoms with Gasteiger partial charge in [-0.05, 0) is 45.6 Å². The second kappa shape index (κ2) is 7.18. The fourth-order valence-electron chi connectivity index (χ4n) is 4.74. The number of pyridine rings is 1. The van der Waals surface area contributed by atoms with Gasteiger partial charge >= 0.3 is 0 Å². The van der Waals surface area contributed by atoms with Gasteiger partial charge in [0, 0.05) is 26.3 Å². The largest absolute Gasteiger partial charge is 0.304 e. The Hall–Kier alpha value is -1.76. The summed E-state index contributed by atoms with van der Waals surface area (Å²) in [7, 11) is 0. The molecule has 0 saturated heterocycles. The summed E-state index contributed by atoms with van der Waals surface area (Å²) in [5.74, 6) is 0. The fourth-order valence-corrected chi connectivity index (χ4v) is 4.74. The monoisotopic (exact) mass is 561 g/mol. The van der Waals surface area contributed by atoms with Crippen molar-refractivity contribution in [2.24, 2.45) is 5.41 Å². The second-order valence-corrected chi connectivity index (χ2v) is 9.80. The third-order valence-electron chi connectivity index (χ3n) is 7.92. The second-order valence-electron chi connectivity index (χ2n) is 9.80. The molecular weight excluding hydrogens is 531 g/mol. The Bertz CT molecular complexity index is 1040. The number of aryl methyl sites for hydroxylation is 1. The molecule has 1 aliphatic rings. The Morgan fingerprint density at radius 3 is 2.10 bits per heavy atom. The summed E-state index contributed by atoms with van der Waals surface area (Å²) in [6.45, 7) is 16.4. The van der Waals surface area contributed by atoms with Crippen LogP contribution in [-0.4, -0.2) is 4.98 Å². The third kappa shape index (κ3) is 3.12. The smallest absolute Gasteiger partial charge is 0.0239 e. The third-order valence-corrected chi connectivity index (χ3v) is 7.92. The minimum Gasteiger partial charge on any atom is -0.304 e. The van der Waals surface area contributed by atoms with Gasteiger partial charge in [0.2, 0.25) is 0 Å². The number of hydrogen-bond acceptors (Lipinski definition) is 1. The van der Waals surface area contributed by atoms with Gasteiger partial charge in [0.15, 0.2) is 0 Å². The van der Waals surface area contributed by atoms with Crippen molar-refractivity contribution in [1.82, 2.24) is 4.98 Å². The average molecular weight is 561 g/mol. The predicted molar refractivity (Wildman–Crippen MR) is 119 cm³/mol. The van der Waals surface area contributed by atoms with Crippen molar-refractivity contribution >= 4 is 0 Å². The van der Waals surface area contributed by atoms with Gasteiger partial charge in [-0.2, -0.15) is 0 Å². The van der Waals surface area contributed by atoms with E-state index in [1.54, 1.807) is 0 Å².